The average Bonchev–Trinajstić information content (AvgIpc) is 2.75. The molecule has 0 unspecified atom stereocenters. The number of benzene rings is 2. The van der Waals surface area contributed by atoms with Gasteiger partial charge in [-0.15, -0.1) is 0 Å². The summed E-state index contributed by atoms with van der Waals surface area (Å²) >= 11 is 0. The summed E-state index contributed by atoms with van der Waals surface area (Å²) in [7, 11) is 4.37. The minimum atomic E-state index is -1.01. The Morgan fingerprint density at radius 2 is 1.81 bits per heavy atom. The maximum absolute atomic E-state index is 13.0. The third-order valence-electron chi connectivity index (χ3n) is 5.22. The molecule has 166 valence electrons. The molecule has 0 aromatic heterocycles. The molecule has 0 radical (unpaired) electrons. The fraction of sp³-hybridized carbons (Fsp3) is 0.409. The van der Waals surface area contributed by atoms with Crippen LogP contribution in [-0.4, -0.2) is 44.1 Å². The van der Waals surface area contributed by atoms with Gasteiger partial charge in [-0.1, -0.05) is 30.3 Å². The number of ether oxygens (including phenoxy) is 5. The third-order valence-corrected chi connectivity index (χ3v) is 5.22. The number of carbonyl (C=O) groups excluding carboxylic acids is 1. The fourth-order valence-electron chi connectivity index (χ4n) is 3.81. The summed E-state index contributed by atoms with van der Waals surface area (Å²) in [5.41, 5.74) is -0.106. The van der Waals surface area contributed by atoms with Gasteiger partial charge < -0.3 is 23.7 Å². The minimum absolute atomic E-state index is 0.131. The number of methoxy groups -OCH3 is 3. The van der Waals surface area contributed by atoms with Gasteiger partial charge in [-0.25, -0.2) is 4.79 Å². The smallest absolute Gasteiger partial charge is 0.340 e. The summed E-state index contributed by atoms with van der Waals surface area (Å²) in [6, 6.07) is 13.1. The summed E-state index contributed by atoms with van der Waals surface area (Å²) < 4.78 is 28.1. The van der Waals surface area contributed by atoms with Gasteiger partial charge in [0.1, 0.15) is 11.9 Å². The van der Waals surface area contributed by atoms with Gasteiger partial charge in [0, 0.05) is 45.4 Å². The summed E-state index contributed by atoms with van der Waals surface area (Å²) in [6.07, 6.45) is -2.39. The third kappa shape index (κ3) is 4.68. The molecule has 2 aromatic rings. The Labute approximate surface area is 180 Å². The first-order valence-corrected chi connectivity index (χ1v) is 9.64. The van der Waals surface area contributed by atoms with Crippen LogP contribution in [0.25, 0.3) is 0 Å². The quantitative estimate of drug-likeness (QED) is 0.269. The first-order chi connectivity index (χ1) is 14.8. The molecule has 3 atom stereocenters. The number of hydrogen-bond donors (Lipinski definition) is 0. The van der Waals surface area contributed by atoms with Crippen molar-refractivity contribution in [3.05, 3.63) is 69.8 Å². The Hall–Kier alpha value is -3.01. The van der Waals surface area contributed by atoms with Crippen LogP contribution in [0.3, 0.4) is 0 Å². The monoisotopic (exact) mass is 431 g/mol. The van der Waals surface area contributed by atoms with Crippen LogP contribution in [-0.2, 0) is 23.7 Å². The van der Waals surface area contributed by atoms with E-state index in [9.17, 15) is 14.9 Å². The number of carbonyl (C=O) groups is 1. The van der Waals surface area contributed by atoms with E-state index >= 15 is 0 Å². The number of nitro benzene ring substituents is 1. The number of esters is 1. The van der Waals surface area contributed by atoms with Gasteiger partial charge in [0.05, 0.1) is 4.92 Å². The zero-order chi connectivity index (χ0) is 22.6. The second-order valence-electron chi connectivity index (χ2n) is 7.35. The Kier molecular flexibility index (Phi) is 6.89. The molecular weight excluding hydrogens is 406 g/mol. The van der Waals surface area contributed by atoms with Crippen molar-refractivity contribution >= 4 is 11.7 Å². The fourth-order valence-corrected chi connectivity index (χ4v) is 3.81. The van der Waals surface area contributed by atoms with E-state index in [0.29, 0.717) is 16.9 Å². The number of nitro groups is 1. The van der Waals surface area contributed by atoms with E-state index in [0.717, 1.165) is 0 Å². The van der Waals surface area contributed by atoms with Crippen molar-refractivity contribution in [1.82, 2.24) is 0 Å². The molecule has 0 N–H and O–H groups in total. The van der Waals surface area contributed by atoms with Gasteiger partial charge >= 0.3 is 5.97 Å². The molecule has 3 rings (SSSR count). The Morgan fingerprint density at radius 1 is 1.13 bits per heavy atom. The van der Waals surface area contributed by atoms with E-state index in [1.54, 1.807) is 31.2 Å². The number of non-ortho nitro benzene ring substituents is 1. The van der Waals surface area contributed by atoms with Crippen LogP contribution in [0.2, 0.25) is 0 Å². The van der Waals surface area contributed by atoms with Crippen LogP contribution in [0.4, 0.5) is 5.69 Å². The van der Waals surface area contributed by atoms with Crippen molar-refractivity contribution in [2.45, 2.75) is 37.4 Å². The van der Waals surface area contributed by atoms with E-state index in [1.165, 1.54) is 39.5 Å². The van der Waals surface area contributed by atoms with Gasteiger partial charge in [-0.05, 0) is 18.6 Å². The molecule has 31 heavy (non-hydrogen) atoms. The lowest BCUT2D eigenvalue weighted by Gasteiger charge is -2.42. The maximum Gasteiger partial charge on any atom is 0.340 e. The van der Waals surface area contributed by atoms with Crippen LogP contribution in [0.15, 0.2) is 48.5 Å². The normalized spacial score (nSPS) is 21.1. The molecular formula is C22H25NO8. The predicted molar refractivity (Wildman–Crippen MR) is 110 cm³/mol. The summed E-state index contributed by atoms with van der Waals surface area (Å²) in [5, 5.41) is 11.3. The van der Waals surface area contributed by atoms with Crippen LogP contribution in [0.5, 0.6) is 5.75 Å². The largest absolute Gasteiger partial charge is 0.482 e. The molecule has 1 aliphatic rings. The molecule has 0 aliphatic carbocycles. The van der Waals surface area contributed by atoms with E-state index in [4.69, 9.17) is 23.7 Å². The highest BCUT2D eigenvalue weighted by Crippen LogP contribution is 2.45. The standard InChI is InChI=1S/C22H25NO8/c1-22(21(28-3)29-4)13-18(16-12-15(23(25)26)10-11-17(16)31-22)30-20(24)19(27-2)14-8-6-5-7-9-14/h5-12,18-19,21H,13H2,1-4H3/t18-,19+,22-/m0/s1. The predicted octanol–water partition coefficient (Wildman–Crippen LogP) is 3.73. The summed E-state index contributed by atoms with van der Waals surface area (Å²) in [5.74, 6) is -0.267. The zero-order valence-electron chi connectivity index (χ0n) is 17.8. The zero-order valence-corrected chi connectivity index (χ0v) is 17.8. The van der Waals surface area contributed by atoms with Crippen LogP contribution in [0, 0.1) is 10.1 Å². The molecule has 9 heteroatoms. The summed E-state index contributed by atoms with van der Waals surface area (Å²) in [4.78, 5) is 23.8. The maximum atomic E-state index is 13.0. The lowest BCUT2D eigenvalue weighted by molar-refractivity contribution is -0.385. The molecule has 0 spiro atoms. The van der Waals surface area contributed by atoms with Gasteiger partial charge in [0.25, 0.3) is 5.69 Å². The highest BCUT2D eigenvalue weighted by atomic mass is 16.7. The van der Waals surface area contributed by atoms with Gasteiger partial charge in [0.2, 0.25) is 0 Å². The Bertz CT molecular complexity index is 930. The van der Waals surface area contributed by atoms with Gasteiger partial charge in [-0.3, -0.25) is 10.1 Å². The topological polar surface area (TPSA) is 106 Å². The van der Waals surface area contributed by atoms with Crippen LogP contribution in [0.1, 0.15) is 36.7 Å². The molecule has 9 nitrogen and oxygen atoms in total. The molecule has 0 saturated carbocycles. The Morgan fingerprint density at radius 3 is 2.39 bits per heavy atom. The Balaban J connectivity index is 1.97. The lowest BCUT2D eigenvalue weighted by atomic mass is 9.89. The second kappa shape index (κ2) is 9.42. The summed E-state index contributed by atoms with van der Waals surface area (Å²) in [6.45, 7) is 1.76. The van der Waals surface area contributed by atoms with Gasteiger partial charge in [-0.2, -0.15) is 0 Å². The second-order valence-corrected chi connectivity index (χ2v) is 7.35. The molecule has 0 amide bonds. The van der Waals surface area contributed by atoms with E-state index in [-0.39, 0.29) is 12.1 Å². The van der Waals surface area contributed by atoms with Crippen molar-refractivity contribution < 1.29 is 33.4 Å². The number of fused-ring (bicyclic) bond motifs is 1. The highest BCUT2D eigenvalue weighted by Gasteiger charge is 2.46. The average molecular weight is 431 g/mol. The highest BCUT2D eigenvalue weighted by molar-refractivity contribution is 5.77. The molecule has 1 aliphatic heterocycles. The molecule has 1 heterocycles. The molecule has 0 fully saturated rings. The van der Waals surface area contributed by atoms with Crippen molar-refractivity contribution in [2.75, 3.05) is 21.3 Å². The minimum Gasteiger partial charge on any atom is -0.482 e. The van der Waals surface area contributed by atoms with E-state index < -0.39 is 35.0 Å². The van der Waals surface area contributed by atoms with Gasteiger partial charge in [0.15, 0.2) is 18.0 Å². The van der Waals surface area contributed by atoms with Crippen LogP contribution < -0.4 is 4.74 Å². The first kappa shape index (κ1) is 22.7. The number of rotatable bonds is 8. The van der Waals surface area contributed by atoms with E-state index in [1.807, 2.05) is 6.07 Å². The van der Waals surface area contributed by atoms with Crippen LogP contribution >= 0.6 is 0 Å². The molecule has 2 aromatic carbocycles. The van der Waals surface area contributed by atoms with Crippen molar-refractivity contribution in [1.29, 1.82) is 0 Å². The first-order valence-electron chi connectivity index (χ1n) is 9.64. The van der Waals surface area contributed by atoms with Crippen molar-refractivity contribution in [2.24, 2.45) is 0 Å². The van der Waals surface area contributed by atoms with Crippen molar-refractivity contribution in [3.63, 3.8) is 0 Å². The van der Waals surface area contributed by atoms with E-state index in [2.05, 4.69) is 0 Å². The SMILES string of the molecule is COC(OC)[C@]1(C)C[C@H](OC(=O)[C@H](OC)c2ccccc2)c2cc([N+](=O)[O-])ccc2O1. The number of hydrogen-bond acceptors (Lipinski definition) is 8. The molecule has 0 bridgehead atoms. The van der Waals surface area contributed by atoms with Crippen molar-refractivity contribution in [3.8, 4) is 5.75 Å². The molecule has 0 saturated heterocycles. The number of nitrogens with zero attached hydrogens (tertiary/aromatic N) is 1. The lowest BCUT2D eigenvalue weighted by Crippen LogP contribution is -2.50.